The first-order valence-corrected chi connectivity index (χ1v) is 9.00. The van der Waals surface area contributed by atoms with Crippen LogP contribution in [0.1, 0.15) is 16.7 Å². The second-order valence-corrected chi connectivity index (χ2v) is 7.43. The summed E-state index contributed by atoms with van der Waals surface area (Å²) in [4.78, 5) is 8.99. The highest BCUT2D eigenvalue weighted by Crippen LogP contribution is 2.50. The molecule has 3 N–H and O–H groups in total. The number of nitrogens with two attached hydrogens (primary N) is 1. The van der Waals surface area contributed by atoms with Gasteiger partial charge in [0, 0.05) is 35.4 Å². The molecule has 0 amide bonds. The van der Waals surface area contributed by atoms with Crippen molar-refractivity contribution in [2.45, 2.75) is 18.4 Å². The van der Waals surface area contributed by atoms with Crippen LogP contribution in [0.25, 0.3) is 0 Å². The van der Waals surface area contributed by atoms with Crippen LogP contribution in [0.5, 0.6) is 11.6 Å². The normalized spacial score (nSPS) is 24.9. The molecule has 1 aliphatic carbocycles. The molecule has 0 saturated carbocycles. The number of amidine groups is 1. The van der Waals surface area contributed by atoms with Gasteiger partial charge < -0.3 is 15.6 Å². The standard InChI is InChI=1S/C18H18FN3O2S/c1-24-16-13-8-18(14-7-12(23)2-3-15(14)19)11(9-25-17(20)22-18)6-10(13)4-5-21-16/h2-5,7,11,23H,6,8-9H2,1H3,(H2,20,22)/t11-,18-/m0/s1. The number of thioether (sulfide) groups is 1. The van der Waals surface area contributed by atoms with Crippen LogP contribution in [0.15, 0.2) is 35.5 Å². The fraction of sp³-hybridized carbons (Fsp3) is 0.333. The summed E-state index contributed by atoms with van der Waals surface area (Å²) in [6.45, 7) is 0. The molecule has 0 fully saturated rings. The van der Waals surface area contributed by atoms with E-state index in [1.165, 1.54) is 30.0 Å². The third kappa shape index (κ3) is 2.54. The molecule has 2 aliphatic rings. The number of fused-ring (bicyclic) bond motifs is 2. The summed E-state index contributed by atoms with van der Waals surface area (Å²) in [7, 11) is 1.57. The Morgan fingerprint density at radius 3 is 3.04 bits per heavy atom. The molecule has 2 atom stereocenters. The number of halogens is 1. The van der Waals surface area contributed by atoms with E-state index < -0.39 is 11.4 Å². The first-order valence-electron chi connectivity index (χ1n) is 8.01. The Hall–Kier alpha value is -2.28. The maximum Gasteiger partial charge on any atom is 0.216 e. The molecule has 7 heteroatoms. The number of phenols is 1. The van der Waals surface area contributed by atoms with Crippen molar-refractivity contribution in [2.75, 3.05) is 12.9 Å². The zero-order chi connectivity index (χ0) is 17.6. The second kappa shape index (κ2) is 5.91. The van der Waals surface area contributed by atoms with Crippen molar-refractivity contribution in [1.82, 2.24) is 4.98 Å². The van der Waals surface area contributed by atoms with Gasteiger partial charge >= 0.3 is 0 Å². The number of pyridine rings is 1. The van der Waals surface area contributed by atoms with Crippen molar-refractivity contribution in [3.63, 3.8) is 0 Å². The minimum Gasteiger partial charge on any atom is -0.508 e. The third-order valence-corrected chi connectivity index (χ3v) is 6.01. The number of aromatic hydroxyl groups is 1. The number of aliphatic imine (C=N–C) groups is 1. The van der Waals surface area contributed by atoms with Gasteiger partial charge in [-0.1, -0.05) is 11.8 Å². The zero-order valence-corrected chi connectivity index (χ0v) is 14.5. The molecule has 0 bridgehead atoms. The number of hydrogen-bond donors (Lipinski definition) is 2. The lowest BCUT2D eigenvalue weighted by Gasteiger charge is -2.44. The molecular weight excluding hydrogens is 341 g/mol. The van der Waals surface area contributed by atoms with Gasteiger partial charge in [0.2, 0.25) is 5.88 Å². The maximum absolute atomic E-state index is 14.7. The molecule has 0 unspecified atom stereocenters. The molecule has 130 valence electrons. The van der Waals surface area contributed by atoms with Gasteiger partial charge in [-0.15, -0.1) is 0 Å². The number of ether oxygens (including phenoxy) is 1. The van der Waals surface area contributed by atoms with Crippen molar-refractivity contribution in [1.29, 1.82) is 0 Å². The highest BCUT2D eigenvalue weighted by molar-refractivity contribution is 8.13. The van der Waals surface area contributed by atoms with E-state index in [1.807, 2.05) is 6.07 Å². The van der Waals surface area contributed by atoms with Crippen LogP contribution < -0.4 is 10.5 Å². The summed E-state index contributed by atoms with van der Waals surface area (Å²) in [6.07, 6.45) is 2.89. The van der Waals surface area contributed by atoms with Gasteiger partial charge in [0.15, 0.2) is 5.17 Å². The molecule has 0 spiro atoms. The highest BCUT2D eigenvalue weighted by atomic mass is 32.2. The van der Waals surface area contributed by atoms with Gasteiger partial charge in [-0.2, -0.15) is 0 Å². The Balaban J connectivity index is 1.95. The van der Waals surface area contributed by atoms with Gasteiger partial charge in [-0.05, 0) is 36.2 Å². The summed E-state index contributed by atoms with van der Waals surface area (Å²) in [6, 6.07) is 6.06. The molecule has 2 aromatic rings. The Kier molecular flexibility index (Phi) is 3.83. The van der Waals surface area contributed by atoms with Crippen LogP contribution >= 0.6 is 11.8 Å². The van der Waals surface area contributed by atoms with E-state index in [1.54, 1.807) is 13.3 Å². The SMILES string of the molecule is COc1nccc2c1C[C@]1(c3cc(O)ccc3F)N=C(N)SC[C@@H]1C2. The highest BCUT2D eigenvalue weighted by Gasteiger charge is 2.48. The van der Waals surface area contributed by atoms with Crippen LogP contribution in [0, 0.1) is 11.7 Å². The summed E-state index contributed by atoms with van der Waals surface area (Å²) >= 11 is 1.49. The summed E-state index contributed by atoms with van der Waals surface area (Å²) < 4.78 is 20.1. The number of hydrogen-bond acceptors (Lipinski definition) is 6. The van der Waals surface area contributed by atoms with Crippen LogP contribution in [0.2, 0.25) is 0 Å². The topological polar surface area (TPSA) is 80.7 Å². The van der Waals surface area contributed by atoms with Crippen molar-refractivity contribution in [3.05, 3.63) is 53.0 Å². The Morgan fingerprint density at radius 2 is 2.24 bits per heavy atom. The van der Waals surface area contributed by atoms with Crippen LogP contribution in [0.4, 0.5) is 4.39 Å². The molecular formula is C18H18FN3O2S. The van der Waals surface area contributed by atoms with Crippen molar-refractivity contribution < 1.29 is 14.2 Å². The van der Waals surface area contributed by atoms with Gasteiger partial charge in [-0.3, -0.25) is 4.99 Å². The van der Waals surface area contributed by atoms with Gasteiger partial charge in [-0.25, -0.2) is 9.37 Å². The molecule has 1 aromatic carbocycles. The van der Waals surface area contributed by atoms with Crippen molar-refractivity contribution in [2.24, 2.45) is 16.6 Å². The smallest absolute Gasteiger partial charge is 0.216 e. The van der Waals surface area contributed by atoms with Crippen molar-refractivity contribution >= 4 is 16.9 Å². The fourth-order valence-electron chi connectivity index (χ4n) is 3.88. The molecule has 2 heterocycles. The molecule has 5 nitrogen and oxygen atoms in total. The number of methoxy groups -OCH3 is 1. The van der Waals surface area contributed by atoms with Crippen LogP contribution in [-0.2, 0) is 18.4 Å². The van der Waals surface area contributed by atoms with E-state index in [0.717, 1.165) is 23.3 Å². The number of aromatic nitrogens is 1. The Morgan fingerprint density at radius 1 is 1.40 bits per heavy atom. The van der Waals surface area contributed by atoms with E-state index in [9.17, 15) is 9.50 Å². The first kappa shape index (κ1) is 16.2. The van der Waals surface area contributed by atoms with E-state index in [2.05, 4.69) is 4.98 Å². The van der Waals surface area contributed by atoms with Crippen molar-refractivity contribution in [3.8, 4) is 11.6 Å². The average molecular weight is 359 g/mol. The molecule has 1 aromatic heterocycles. The minimum absolute atomic E-state index is 0.0143. The largest absolute Gasteiger partial charge is 0.508 e. The lowest BCUT2D eigenvalue weighted by molar-refractivity contribution is 0.261. The van der Waals surface area contributed by atoms with Crippen LogP contribution in [0.3, 0.4) is 0 Å². The molecule has 0 radical (unpaired) electrons. The predicted molar refractivity (Wildman–Crippen MR) is 95.5 cm³/mol. The van der Waals surface area contributed by atoms with Crippen LogP contribution in [-0.4, -0.2) is 28.1 Å². The third-order valence-electron chi connectivity index (χ3n) is 5.05. The van der Waals surface area contributed by atoms with E-state index >= 15 is 0 Å². The molecule has 4 rings (SSSR count). The number of benzene rings is 1. The Bertz CT molecular complexity index is 873. The second-order valence-electron chi connectivity index (χ2n) is 6.39. The lowest BCUT2D eigenvalue weighted by atomic mass is 9.67. The first-order chi connectivity index (χ1) is 12.0. The Labute approximate surface area is 149 Å². The van der Waals surface area contributed by atoms with E-state index in [-0.39, 0.29) is 11.7 Å². The fourth-order valence-corrected chi connectivity index (χ4v) is 4.87. The van der Waals surface area contributed by atoms with E-state index in [4.69, 9.17) is 15.5 Å². The number of phenolic OH excluding ortho intramolecular Hbond substituents is 1. The lowest BCUT2D eigenvalue weighted by Crippen LogP contribution is -2.46. The maximum atomic E-state index is 14.7. The molecule has 1 aliphatic heterocycles. The average Bonchev–Trinajstić information content (AvgIpc) is 2.61. The predicted octanol–water partition coefficient (Wildman–Crippen LogP) is 2.61. The van der Waals surface area contributed by atoms with Gasteiger partial charge in [0.25, 0.3) is 0 Å². The van der Waals surface area contributed by atoms with E-state index in [0.29, 0.717) is 23.0 Å². The summed E-state index contributed by atoms with van der Waals surface area (Å²) in [5.41, 5.74) is 7.60. The van der Waals surface area contributed by atoms with Gasteiger partial charge in [0.05, 0.1) is 12.6 Å². The van der Waals surface area contributed by atoms with Gasteiger partial charge in [0.1, 0.15) is 11.6 Å². The summed E-state index contributed by atoms with van der Waals surface area (Å²) in [5, 5.41) is 10.4. The molecule has 0 saturated heterocycles. The quantitative estimate of drug-likeness (QED) is 0.861. The minimum atomic E-state index is -0.860. The monoisotopic (exact) mass is 359 g/mol. The number of nitrogens with zero attached hydrogens (tertiary/aromatic N) is 2. The number of rotatable bonds is 2. The molecule has 25 heavy (non-hydrogen) atoms. The summed E-state index contributed by atoms with van der Waals surface area (Å²) in [5.74, 6) is 0.968. The zero-order valence-electron chi connectivity index (χ0n) is 13.7.